The lowest BCUT2D eigenvalue weighted by Gasteiger charge is -2.09. The zero-order valence-corrected chi connectivity index (χ0v) is 11.6. The van der Waals surface area contributed by atoms with E-state index in [1.807, 2.05) is 13.0 Å². The summed E-state index contributed by atoms with van der Waals surface area (Å²) >= 11 is 0. The van der Waals surface area contributed by atoms with Crippen LogP contribution in [0, 0.1) is 0 Å². The van der Waals surface area contributed by atoms with Crippen LogP contribution in [0.15, 0.2) is 30.5 Å². The van der Waals surface area contributed by atoms with Gasteiger partial charge in [0.25, 0.3) is 0 Å². The van der Waals surface area contributed by atoms with Crippen molar-refractivity contribution >= 4 is 5.69 Å². The first-order valence-electron chi connectivity index (χ1n) is 6.70. The number of ether oxygens (including phenoxy) is 3. The van der Waals surface area contributed by atoms with E-state index in [2.05, 4.69) is 10.3 Å². The van der Waals surface area contributed by atoms with Gasteiger partial charge in [0.2, 0.25) is 12.7 Å². The Kier molecular flexibility index (Phi) is 3.68. The molecule has 21 heavy (non-hydrogen) atoms. The number of fused-ring (bicyclic) bond motifs is 1. The Morgan fingerprint density at radius 2 is 2.10 bits per heavy atom. The smallest absolute Gasteiger partial charge is 0.231 e. The molecule has 3 rings (SSSR count). The van der Waals surface area contributed by atoms with Gasteiger partial charge in [-0.25, -0.2) is 4.98 Å². The van der Waals surface area contributed by atoms with Gasteiger partial charge < -0.3 is 24.6 Å². The Labute approximate surface area is 122 Å². The molecule has 0 aliphatic carbocycles. The fourth-order valence-electron chi connectivity index (χ4n) is 2.03. The first-order chi connectivity index (χ1) is 10.3. The summed E-state index contributed by atoms with van der Waals surface area (Å²) in [4.78, 5) is 4.17. The van der Waals surface area contributed by atoms with E-state index in [0.717, 1.165) is 11.3 Å². The van der Waals surface area contributed by atoms with Crippen LogP contribution in [0.3, 0.4) is 0 Å². The molecule has 0 atom stereocenters. The van der Waals surface area contributed by atoms with E-state index in [1.54, 1.807) is 24.4 Å². The predicted molar refractivity (Wildman–Crippen MR) is 77.0 cm³/mol. The molecular formula is C15H16N2O4. The van der Waals surface area contributed by atoms with Gasteiger partial charge in [-0.2, -0.15) is 0 Å². The van der Waals surface area contributed by atoms with Crippen LogP contribution in [0.25, 0.3) is 0 Å². The number of aromatic hydroxyl groups is 1. The number of rotatable bonds is 5. The van der Waals surface area contributed by atoms with Gasteiger partial charge in [-0.15, -0.1) is 0 Å². The lowest BCUT2D eigenvalue weighted by atomic mass is 10.1. The molecule has 1 aromatic heterocycles. The maximum Gasteiger partial charge on any atom is 0.231 e. The van der Waals surface area contributed by atoms with E-state index < -0.39 is 0 Å². The topological polar surface area (TPSA) is 72.8 Å². The second-order valence-corrected chi connectivity index (χ2v) is 4.51. The third-order valence-corrected chi connectivity index (χ3v) is 3.09. The third kappa shape index (κ3) is 2.94. The number of hydrogen-bond acceptors (Lipinski definition) is 6. The molecule has 0 unspecified atom stereocenters. The lowest BCUT2D eigenvalue weighted by Crippen LogP contribution is -2.01. The molecule has 0 bridgehead atoms. The second kappa shape index (κ2) is 5.78. The number of nitrogens with zero attached hydrogens (tertiary/aromatic N) is 1. The molecule has 1 aromatic carbocycles. The van der Waals surface area contributed by atoms with Gasteiger partial charge in [0, 0.05) is 24.2 Å². The lowest BCUT2D eigenvalue weighted by molar-refractivity contribution is 0.174. The molecule has 0 amide bonds. The van der Waals surface area contributed by atoms with E-state index >= 15 is 0 Å². The number of benzene rings is 1. The Hall–Kier alpha value is -2.63. The van der Waals surface area contributed by atoms with Crippen molar-refractivity contribution in [2.24, 2.45) is 0 Å². The maximum absolute atomic E-state index is 9.96. The van der Waals surface area contributed by atoms with Crippen LogP contribution in [0.5, 0.6) is 23.1 Å². The molecule has 2 N–H and O–H groups in total. The highest BCUT2D eigenvalue weighted by atomic mass is 16.7. The van der Waals surface area contributed by atoms with E-state index in [-0.39, 0.29) is 12.5 Å². The van der Waals surface area contributed by atoms with Crippen molar-refractivity contribution in [3.05, 3.63) is 36.0 Å². The summed E-state index contributed by atoms with van der Waals surface area (Å²) in [6.07, 6.45) is 1.69. The molecule has 0 saturated carbocycles. The van der Waals surface area contributed by atoms with Crippen molar-refractivity contribution < 1.29 is 19.3 Å². The largest absolute Gasteiger partial charge is 0.507 e. The number of pyridine rings is 1. The number of phenolic OH excluding ortho intramolecular Hbond substituents is 1. The summed E-state index contributed by atoms with van der Waals surface area (Å²) in [5.74, 6) is 1.98. The molecule has 2 heterocycles. The highest BCUT2D eigenvalue weighted by Crippen LogP contribution is 2.37. The van der Waals surface area contributed by atoms with E-state index in [0.29, 0.717) is 30.5 Å². The quantitative estimate of drug-likeness (QED) is 0.880. The van der Waals surface area contributed by atoms with Crippen LogP contribution in [0.4, 0.5) is 5.69 Å². The van der Waals surface area contributed by atoms with Crippen molar-refractivity contribution in [2.75, 3.05) is 18.7 Å². The number of hydrogen-bond donors (Lipinski definition) is 2. The molecule has 0 saturated heterocycles. The molecule has 0 fully saturated rings. The van der Waals surface area contributed by atoms with E-state index in [4.69, 9.17) is 14.2 Å². The summed E-state index contributed by atoms with van der Waals surface area (Å²) in [6, 6.07) is 7.01. The molecule has 6 heteroatoms. The molecule has 110 valence electrons. The van der Waals surface area contributed by atoms with Crippen LogP contribution in [-0.4, -0.2) is 23.5 Å². The normalized spacial score (nSPS) is 12.2. The zero-order chi connectivity index (χ0) is 14.7. The first-order valence-corrected chi connectivity index (χ1v) is 6.70. The number of aromatic nitrogens is 1. The molecule has 0 spiro atoms. The first kappa shape index (κ1) is 13.4. The van der Waals surface area contributed by atoms with Crippen LogP contribution >= 0.6 is 0 Å². The summed E-state index contributed by atoms with van der Waals surface area (Å²) in [6.45, 7) is 3.15. The molecule has 0 radical (unpaired) electrons. The molecule has 1 aliphatic rings. The third-order valence-electron chi connectivity index (χ3n) is 3.09. The molecule has 6 nitrogen and oxygen atoms in total. The highest BCUT2D eigenvalue weighted by molar-refractivity contribution is 5.52. The molecule has 1 aliphatic heterocycles. The van der Waals surface area contributed by atoms with Gasteiger partial charge in [-0.05, 0) is 19.1 Å². The summed E-state index contributed by atoms with van der Waals surface area (Å²) < 4.78 is 15.8. The van der Waals surface area contributed by atoms with Crippen molar-refractivity contribution in [3.63, 3.8) is 0 Å². The van der Waals surface area contributed by atoms with Gasteiger partial charge >= 0.3 is 0 Å². The number of nitrogens with one attached hydrogen (secondary N) is 1. The van der Waals surface area contributed by atoms with Gasteiger partial charge in [-0.1, -0.05) is 0 Å². The van der Waals surface area contributed by atoms with Crippen LogP contribution in [-0.2, 0) is 6.54 Å². The Bertz CT molecular complexity index is 628. The van der Waals surface area contributed by atoms with Gasteiger partial charge in [-0.3, -0.25) is 0 Å². The van der Waals surface area contributed by atoms with Crippen molar-refractivity contribution in [2.45, 2.75) is 13.5 Å². The van der Waals surface area contributed by atoms with Crippen molar-refractivity contribution in [1.82, 2.24) is 4.98 Å². The highest BCUT2D eigenvalue weighted by Gasteiger charge is 2.16. The summed E-state index contributed by atoms with van der Waals surface area (Å²) in [5, 5.41) is 13.1. The molecular weight excluding hydrogens is 272 g/mol. The Morgan fingerprint density at radius 3 is 2.81 bits per heavy atom. The van der Waals surface area contributed by atoms with Gasteiger partial charge in [0.05, 0.1) is 18.5 Å². The predicted octanol–water partition coefficient (Wildman–Crippen LogP) is 2.53. The van der Waals surface area contributed by atoms with Crippen LogP contribution in [0.2, 0.25) is 0 Å². The van der Waals surface area contributed by atoms with Crippen molar-refractivity contribution in [3.8, 4) is 23.1 Å². The molecule has 2 aromatic rings. The van der Waals surface area contributed by atoms with E-state index in [9.17, 15) is 5.11 Å². The average Bonchev–Trinajstić information content (AvgIpc) is 2.93. The standard InChI is InChI=1S/C15H16N2O4/c1-2-19-15-4-3-11(8-17-15)16-7-10-5-13-14(6-12(10)18)21-9-20-13/h3-6,8,16,18H,2,7,9H2,1H3. The second-order valence-electron chi connectivity index (χ2n) is 4.51. The minimum absolute atomic E-state index is 0.172. The van der Waals surface area contributed by atoms with Crippen LogP contribution < -0.4 is 19.5 Å². The maximum atomic E-state index is 9.96. The van der Waals surface area contributed by atoms with E-state index in [1.165, 1.54) is 0 Å². The van der Waals surface area contributed by atoms with Crippen LogP contribution in [0.1, 0.15) is 12.5 Å². The van der Waals surface area contributed by atoms with Crippen molar-refractivity contribution in [1.29, 1.82) is 0 Å². The fraction of sp³-hybridized carbons (Fsp3) is 0.267. The number of phenols is 1. The summed E-state index contributed by atoms with van der Waals surface area (Å²) in [5.41, 5.74) is 1.57. The Morgan fingerprint density at radius 1 is 1.29 bits per heavy atom. The van der Waals surface area contributed by atoms with Gasteiger partial charge in [0.1, 0.15) is 5.75 Å². The summed E-state index contributed by atoms with van der Waals surface area (Å²) in [7, 11) is 0. The minimum Gasteiger partial charge on any atom is -0.507 e. The Balaban J connectivity index is 1.67. The average molecular weight is 288 g/mol. The number of anilines is 1. The van der Waals surface area contributed by atoms with Gasteiger partial charge in [0.15, 0.2) is 11.5 Å². The minimum atomic E-state index is 0.172. The SMILES string of the molecule is CCOc1ccc(NCc2cc3c(cc2O)OCO3)cn1. The zero-order valence-electron chi connectivity index (χ0n) is 11.6. The fourth-order valence-corrected chi connectivity index (χ4v) is 2.03. The monoisotopic (exact) mass is 288 g/mol.